The number of fused-ring (bicyclic) bond motifs is 3. The molecule has 0 aliphatic carbocycles. The molecule has 1 aromatic carbocycles. The molecule has 1 unspecified atom stereocenters. The molecule has 1 aromatic heterocycles. The number of aromatic nitrogens is 1. The first kappa shape index (κ1) is 11.8. The van der Waals surface area contributed by atoms with Crippen molar-refractivity contribution < 1.29 is 0 Å². The third kappa shape index (κ3) is 1.71. The number of benzene rings is 1. The molecule has 0 bridgehead atoms. The van der Waals surface area contributed by atoms with Crippen molar-refractivity contribution in [2.45, 2.75) is 19.4 Å². The van der Waals surface area contributed by atoms with Gasteiger partial charge in [0.25, 0.3) is 0 Å². The lowest BCUT2D eigenvalue weighted by atomic mass is 10.0. The Morgan fingerprint density at radius 1 is 1.38 bits per heavy atom. The van der Waals surface area contributed by atoms with Gasteiger partial charge in [-0.15, -0.1) is 12.4 Å². The zero-order chi connectivity index (χ0) is 10.4. The molecule has 2 aromatic rings. The van der Waals surface area contributed by atoms with E-state index < -0.39 is 0 Å². The molecule has 0 amide bonds. The quantitative estimate of drug-likeness (QED) is 0.743. The summed E-state index contributed by atoms with van der Waals surface area (Å²) in [5, 5.41) is 5.55. The van der Waals surface area contributed by atoms with E-state index >= 15 is 0 Å². The highest BCUT2D eigenvalue weighted by Gasteiger charge is 2.20. The van der Waals surface area contributed by atoms with E-state index in [-0.39, 0.29) is 12.4 Å². The Hall–Kier alpha value is -0.700. The molecular weight excluding hydrogens is 243 g/mol. The summed E-state index contributed by atoms with van der Waals surface area (Å²) in [6, 6.07) is 6.47. The predicted octanol–water partition coefficient (Wildman–Crippen LogP) is 3.45. The molecule has 3 rings (SSSR count). The predicted molar refractivity (Wildman–Crippen MR) is 70.7 cm³/mol. The van der Waals surface area contributed by atoms with E-state index in [9.17, 15) is 0 Å². The summed E-state index contributed by atoms with van der Waals surface area (Å²) >= 11 is 6.02. The van der Waals surface area contributed by atoms with E-state index in [1.165, 1.54) is 22.2 Å². The summed E-state index contributed by atoms with van der Waals surface area (Å²) in [6.07, 6.45) is 1.08. The fourth-order valence-corrected chi connectivity index (χ4v) is 2.57. The Morgan fingerprint density at radius 3 is 3.00 bits per heavy atom. The average molecular weight is 257 g/mol. The number of hydrogen-bond donors (Lipinski definition) is 2. The lowest BCUT2D eigenvalue weighted by molar-refractivity contribution is 0.533. The average Bonchev–Trinajstić information content (AvgIpc) is 2.58. The summed E-state index contributed by atoms with van der Waals surface area (Å²) < 4.78 is 0. The van der Waals surface area contributed by atoms with Crippen molar-refractivity contribution in [2.24, 2.45) is 0 Å². The van der Waals surface area contributed by atoms with Crippen LogP contribution in [0, 0.1) is 0 Å². The summed E-state index contributed by atoms with van der Waals surface area (Å²) in [7, 11) is 0. The van der Waals surface area contributed by atoms with Crippen LogP contribution in [-0.4, -0.2) is 11.5 Å². The number of hydrogen-bond acceptors (Lipinski definition) is 1. The maximum Gasteiger partial charge on any atom is 0.0460 e. The van der Waals surface area contributed by atoms with Crippen molar-refractivity contribution in [1.82, 2.24) is 10.3 Å². The Morgan fingerprint density at radius 2 is 2.19 bits per heavy atom. The normalized spacial score (nSPS) is 19.2. The minimum Gasteiger partial charge on any atom is -0.357 e. The van der Waals surface area contributed by atoms with E-state index in [0.717, 1.165) is 18.0 Å². The van der Waals surface area contributed by atoms with Crippen LogP contribution >= 0.6 is 24.0 Å². The maximum atomic E-state index is 6.02. The van der Waals surface area contributed by atoms with Gasteiger partial charge in [0.1, 0.15) is 0 Å². The minimum atomic E-state index is 0. The molecule has 0 spiro atoms. The number of aromatic amines is 1. The fourth-order valence-electron chi connectivity index (χ4n) is 2.40. The molecule has 2 heterocycles. The van der Waals surface area contributed by atoms with Crippen molar-refractivity contribution >= 4 is 34.9 Å². The van der Waals surface area contributed by atoms with Gasteiger partial charge in [0, 0.05) is 27.7 Å². The second kappa shape index (κ2) is 4.28. The fraction of sp³-hybridized carbons (Fsp3) is 0.333. The number of H-pyrrole nitrogens is 1. The molecule has 2 N–H and O–H groups in total. The molecule has 1 aliphatic rings. The van der Waals surface area contributed by atoms with Crippen LogP contribution in [0.3, 0.4) is 0 Å². The number of rotatable bonds is 0. The van der Waals surface area contributed by atoms with Crippen molar-refractivity contribution in [3.05, 3.63) is 34.5 Å². The van der Waals surface area contributed by atoms with Gasteiger partial charge in [-0.1, -0.05) is 11.6 Å². The Labute approximate surface area is 106 Å². The lowest BCUT2D eigenvalue weighted by Crippen LogP contribution is -2.27. The first-order valence-electron chi connectivity index (χ1n) is 5.29. The van der Waals surface area contributed by atoms with Gasteiger partial charge in [0.15, 0.2) is 0 Å². The van der Waals surface area contributed by atoms with Crippen LogP contribution < -0.4 is 5.32 Å². The molecule has 2 nitrogen and oxygen atoms in total. The van der Waals surface area contributed by atoms with Gasteiger partial charge in [0.05, 0.1) is 0 Å². The largest absolute Gasteiger partial charge is 0.357 e. The molecule has 86 valence electrons. The van der Waals surface area contributed by atoms with Crippen molar-refractivity contribution in [1.29, 1.82) is 0 Å². The van der Waals surface area contributed by atoms with Crippen LogP contribution in [0.15, 0.2) is 18.2 Å². The van der Waals surface area contributed by atoms with E-state index in [1.54, 1.807) is 0 Å². The van der Waals surface area contributed by atoms with Gasteiger partial charge in [-0.25, -0.2) is 0 Å². The van der Waals surface area contributed by atoms with E-state index in [2.05, 4.69) is 29.4 Å². The first-order valence-corrected chi connectivity index (χ1v) is 5.67. The zero-order valence-electron chi connectivity index (χ0n) is 9.01. The molecule has 0 fully saturated rings. The van der Waals surface area contributed by atoms with Gasteiger partial charge in [-0.3, -0.25) is 0 Å². The highest BCUT2D eigenvalue weighted by Crippen LogP contribution is 2.31. The van der Waals surface area contributed by atoms with Gasteiger partial charge < -0.3 is 10.3 Å². The monoisotopic (exact) mass is 256 g/mol. The van der Waals surface area contributed by atoms with Gasteiger partial charge in [-0.2, -0.15) is 0 Å². The van der Waals surface area contributed by atoms with Crippen LogP contribution in [-0.2, 0) is 6.42 Å². The molecule has 0 saturated heterocycles. The summed E-state index contributed by atoms with van der Waals surface area (Å²) in [4.78, 5) is 3.47. The highest BCUT2D eigenvalue weighted by molar-refractivity contribution is 6.31. The third-order valence-corrected chi connectivity index (χ3v) is 3.39. The van der Waals surface area contributed by atoms with Crippen LogP contribution in [0.5, 0.6) is 0 Å². The summed E-state index contributed by atoms with van der Waals surface area (Å²) in [5.74, 6) is 0. The second-order valence-electron chi connectivity index (χ2n) is 4.13. The number of halogens is 2. The van der Waals surface area contributed by atoms with Gasteiger partial charge in [-0.05, 0) is 43.7 Å². The first-order chi connectivity index (χ1) is 7.25. The van der Waals surface area contributed by atoms with Crippen LogP contribution in [0.2, 0.25) is 5.02 Å². The van der Waals surface area contributed by atoms with Crippen molar-refractivity contribution in [2.75, 3.05) is 6.54 Å². The smallest absolute Gasteiger partial charge is 0.0460 e. The van der Waals surface area contributed by atoms with Crippen LogP contribution in [0.1, 0.15) is 24.2 Å². The SMILES string of the molecule is CC1NCCc2c1[nH]c1ccc(Cl)cc21.Cl. The number of nitrogens with one attached hydrogen (secondary N) is 2. The van der Waals surface area contributed by atoms with E-state index in [4.69, 9.17) is 11.6 Å². The third-order valence-electron chi connectivity index (χ3n) is 3.16. The van der Waals surface area contributed by atoms with E-state index in [1.807, 2.05) is 6.07 Å². The molecular formula is C12H14Cl2N2. The van der Waals surface area contributed by atoms with Crippen molar-refractivity contribution in [3.63, 3.8) is 0 Å². The van der Waals surface area contributed by atoms with Crippen LogP contribution in [0.4, 0.5) is 0 Å². The molecule has 4 heteroatoms. The van der Waals surface area contributed by atoms with Crippen molar-refractivity contribution in [3.8, 4) is 0 Å². The standard InChI is InChI=1S/C12H13ClN2.ClH/c1-7-12-9(4-5-14-7)10-6-8(13)2-3-11(10)15-12;/h2-3,6-7,14-15H,4-5H2,1H3;1H. The Balaban J connectivity index is 0.000000963. The topological polar surface area (TPSA) is 27.8 Å². The minimum absolute atomic E-state index is 0. The summed E-state index contributed by atoms with van der Waals surface area (Å²) in [5.41, 5.74) is 3.94. The highest BCUT2D eigenvalue weighted by atomic mass is 35.5. The molecule has 0 radical (unpaired) electrons. The van der Waals surface area contributed by atoms with Gasteiger partial charge >= 0.3 is 0 Å². The molecule has 16 heavy (non-hydrogen) atoms. The summed E-state index contributed by atoms with van der Waals surface area (Å²) in [6.45, 7) is 3.24. The van der Waals surface area contributed by atoms with E-state index in [0.29, 0.717) is 6.04 Å². The Bertz CT molecular complexity index is 519. The second-order valence-corrected chi connectivity index (χ2v) is 4.57. The molecule has 1 atom stereocenters. The molecule has 0 saturated carbocycles. The lowest BCUT2D eigenvalue weighted by Gasteiger charge is -2.20. The Kier molecular flexibility index (Phi) is 3.15. The maximum absolute atomic E-state index is 6.02. The zero-order valence-corrected chi connectivity index (χ0v) is 10.6. The molecule has 1 aliphatic heterocycles. The van der Waals surface area contributed by atoms with Gasteiger partial charge in [0.2, 0.25) is 0 Å². The van der Waals surface area contributed by atoms with Crippen LogP contribution in [0.25, 0.3) is 10.9 Å².